The Morgan fingerprint density at radius 3 is 2.79 bits per heavy atom. The maximum absolute atomic E-state index is 12.2. The zero-order valence-electron chi connectivity index (χ0n) is 11.2. The SMILES string of the molecule is CCC(Br)CCNS(=O)(=O)c1ccc2c(c1)CCC2. The third kappa shape index (κ3) is 3.80. The molecule has 1 aliphatic rings. The summed E-state index contributed by atoms with van der Waals surface area (Å²) in [7, 11) is -3.36. The Morgan fingerprint density at radius 1 is 1.32 bits per heavy atom. The smallest absolute Gasteiger partial charge is 0.211 e. The van der Waals surface area contributed by atoms with Crippen LogP contribution in [0.1, 0.15) is 37.3 Å². The molecule has 1 aliphatic carbocycles. The zero-order chi connectivity index (χ0) is 13.9. The van der Waals surface area contributed by atoms with Crippen molar-refractivity contribution in [3.63, 3.8) is 0 Å². The van der Waals surface area contributed by atoms with Crippen molar-refractivity contribution < 1.29 is 8.42 Å². The van der Waals surface area contributed by atoms with Gasteiger partial charge in [-0.05, 0) is 55.4 Å². The molecular weight excluding hydrogens is 326 g/mol. The monoisotopic (exact) mass is 345 g/mol. The summed E-state index contributed by atoms with van der Waals surface area (Å²) in [6.45, 7) is 2.55. The standard InChI is InChI=1S/C14H20BrNO2S/c1-2-13(15)8-9-16-19(17,18)14-7-6-11-4-3-5-12(11)10-14/h6-7,10,13,16H,2-5,8-9H2,1H3. The predicted octanol–water partition coefficient (Wildman–Crippen LogP) is 3.02. The van der Waals surface area contributed by atoms with Crippen LogP contribution in [0.15, 0.2) is 23.1 Å². The van der Waals surface area contributed by atoms with Gasteiger partial charge in [-0.1, -0.05) is 28.9 Å². The van der Waals surface area contributed by atoms with E-state index >= 15 is 0 Å². The van der Waals surface area contributed by atoms with E-state index in [0.717, 1.165) is 32.1 Å². The Bertz CT molecular complexity index is 542. The van der Waals surface area contributed by atoms with E-state index in [2.05, 4.69) is 27.6 Å². The third-order valence-electron chi connectivity index (χ3n) is 3.57. The maximum atomic E-state index is 12.2. The highest BCUT2D eigenvalue weighted by molar-refractivity contribution is 9.09. The molecule has 1 aromatic rings. The first-order valence-electron chi connectivity index (χ1n) is 6.78. The van der Waals surface area contributed by atoms with Gasteiger partial charge >= 0.3 is 0 Å². The average Bonchev–Trinajstić information content (AvgIpc) is 2.85. The number of rotatable bonds is 6. The molecule has 0 amide bonds. The number of aryl methyl sites for hydroxylation is 2. The van der Waals surface area contributed by atoms with Crippen LogP contribution >= 0.6 is 15.9 Å². The lowest BCUT2D eigenvalue weighted by atomic mass is 10.1. The number of alkyl halides is 1. The second-order valence-electron chi connectivity index (χ2n) is 4.98. The van der Waals surface area contributed by atoms with Gasteiger partial charge in [-0.25, -0.2) is 13.1 Å². The summed E-state index contributed by atoms with van der Waals surface area (Å²) in [6, 6.07) is 5.50. The third-order valence-corrected chi connectivity index (χ3v) is 6.14. The molecule has 5 heteroatoms. The van der Waals surface area contributed by atoms with Crippen molar-refractivity contribution in [1.29, 1.82) is 0 Å². The molecule has 0 bridgehead atoms. The van der Waals surface area contributed by atoms with Crippen LogP contribution in [0.5, 0.6) is 0 Å². The van der Waals surface area contributed by atoms with Crippen LogP contribution in [0.2, 0.25) is 0 Å². The van der Waals surface area contributed by atoms with Gasteiger partial charge in [-0.3, -0.25) is 0 Å². The van der Waals surface area contributed by atoms with Crippen LogP contribution in [0, 0.1) is 0 Å². The Balaban J connectivity index is 2.03. The van der Waals surface area contributed by atoms with E-state index in [-0.39, 0.29) is 0 Å². The van der Waals surface area contributed by atoms with E-state index in [0.29, 0.717) is 16.3 Å². The molecule has 1 aromatic carbocycles. The van der Waals surface area contributed by atoms with Crippen LogP contribution in [-0.2, 0) is 22.9 Å². The molecule has 0 heterocycles. The van der Waals surface area contributed by atoms with Crippen molar-refractivity contribution >= 4 is 26.0 Å². The zero-order valence-corrected chi connectivity index (χ0v) is 13.6. The minimum atomic E-state index is -3.36. The van der Waals surface area contributed by atoms with Gasteiger partial charge < -0.3 is 0 Å². The predicted molar refractivity (Wildman–Crippen MR) is 81.3 cm³/mol. The summed E-state index contributed by atoms with van der Waals surface area (Å²) in [4.78, 5) is 0.769. The van der Waals surface area contributed by atoms with Crippen molar-refractivity contribution in [2.75, 3.05) is 6.54 Å². The number of sulfonamides is 1. The Hall–Kier alpha value is -0.390. The lowest BCUT2D eigenvalue weighted by Gasteiger charge is -2.10. The molecule has 1 atom stereocenters. The molecule has 0 fully saturated rings. The first-order chi connectivity index (χ1) is 9.03. The number of nitrogens with one attached hydrogen (secondary N) is 1. The van der Waals surface area contributed by atoms with Crippen LogP contribution in [-0.4, -0.2) is 19.8 Å². The summed E-state index contributed by atoms with van der Waals surface area (Å²) in [6.07, 6.45) is 5.01. The first-order valence-corrected chi connectivity index (χ1v) is 9.18. The van der Waals surface area contributed by atoms with E-state index in [1.165, 1.54) is 11.1 Å². The van der Waals surface area contributed by atoms with E-state index in [1.807, 2.05) is 12.1 Å². The summed E-state index contributed by atoms with van der Waals surface area (Å²) in [5.74, 6) is 0. The van der Waals surface area contributed by atoms with Crippen molar-refractivity contribution in [2.45, 2.75) is 48.8 Å². The summed E-state index contributed by atoms with van der Waals surface area (Å²) >= 11 is 3.51. The van der Waals surface area contributed by atoms with E-state index < -0.39 is 10.0 Å². The van der Waals surface area contributed by atoms with Crippen molar-refractivity contribution in [1.82, 2.24) is 4.72 Å². The summed E-state index contributed by atoms with van der Waals surface area (Å²) in [5.41, 5.74) is 2.49. The fourth-order valence-electron chi connectivity index (χ4n) is 2.35. The van der Waals surface area contributed by atoms with Crippen molar-refractivity contribution in [3.05, 3.63) is 29.3 Å². The molecule has 0 saturated carbocycles. The molecule has 0 spiro atoms. The van der Waals surface area contributed by atoms with Crippen molar-refractivity contribution in [2.24, 2.45) is 0 Å². The molecule has 0 radical (unpaired) electrons. The number of benzene rings is 1. The molecule has 0 aliphatic heterocycles. The van der Waals surface area contributed by atoms with Gasteiger partial charge in [0.15, 0.2) is 0 Å². The summed E-state index contributed by atoms with van der Waals surface area (Å²) < 4.78 is 27.0. The minimum Gasteiger partial charge on any atom is -0.211 e. The van der Waals surface area contributed by atoms with Gasteiger partial charge in [0.2, 0.25) is 10.0 Å². The largest absolute Gasteiger partial charge is 0.240 e. The van der Waals surface area contributed by atoms with Gasteiger partial charge in [0.05, 0.1) is 4.90 Å². The van der Waals surface area contributed by atoms with E-state index in [4.69, 9.17) is 0 Å². The normalized spacial score (nSPS) is 16.3. The fraction of sp³-hybridized carbons (Fsp3) is 0.571. The number of hydrogen-bond acceptors (Lipinski definition) is 2. The number of halogens is 1. The minimum absolute atomic E-state index is 0.371. The number of hydrogen-bond donors (Lipinski definition) is 1. The Morgan fingerprint density at radius 2 is 2.05 bits per heavy atom. The van der Waals surface area contributed by atoms with Crippen LogP contribution in [0.25, 0.3) is 0 Å². The van der Waals surface area contributed by atoms with Crippen molar-refractivity contribution in [3.8, 4) is 0 Å². The molecular formula is C14H20BrNO2S. The molecule has 1 N–H and O–H groups in total. The highest BCUT2D eigenvalue weighted by atomic mass is 79.9. The van der Waals surface area contributed by atoms with Crippen LogP contribution < -0.4 is 4.72 Å². The second kappa shape index (κ2) is 6.37. The molecule has 2 rings (SSSR count). The maximum Gasteiger partial charge on any atom is 0.240 e. The fourth-order valence-corrected chi connectivity index (χ4v) is 3.68. The van der Waals surface area contributed by atoms with E-state index in [9.17, 15) is 8.42 Å². The highest BCUT2D eigenvalue weighted by Crippen LogP contribution is 2.24. The average molecular weight is 346 g/mol. The number of fused-ring (bicyclic) bond motifs is 1. The highest BCUT2D eigenvalue weighted by Gasteiger charge is 2.18. The Labute approximate surface area is 124 Å². The Kier molecular flexibility index (Phi) is 5.03. The summed E-state index contributed by atoms with van der Waals surface area (Å²) in [5, 5.41) is 0. The topological polar surface area (TPSA) is 46.2 Å². The molecule has 1 unspecified atom stereocenters. The first kappa shape index (κ1) is 15.0. The van der Waals surface area contributed by atoms with Gasteiger partial charge in [-0.15, -0.1) is 0 Å². The lowest BCUT2D eigenvalue weighted by molar-refractivity contribution is 0.577. The lowest BCUT2D eigenvalue weighted by Crippen LogP contribution is -2.26. The molecule has 106 valence electrons. The quantitative estimate of drug-likeness (QED) is 0.805. The van der Waals surface area contributed by atoms with Gasteiger partial charge in [0, 0.05) is 11.4 Å². The van der Waals surface area contributed by atoms with E-state index in [1.54, 1.807) is 6.07 Å². The molecule has 0 aromatic heterocycles. The van der Waals surface area contributed by atoms with Gasteiger partial charge in [-0.2, -0.15) is 0 Å². The van der Waals surface area contributed by atoms with Crippen LogP contribution in [0.4, 0.5) is 0 Å². The molecule has 3 nitrogen and oxygen atoms in total. The van der Waals surface area contributed by atoms with Crippen LogP contribution in [0.3, 0.4) is 0 Å². The molecule has 0 saturated heterocycles. The molecule has 19 heavy (non-hydrogen) atoms. The van der Waals surface area contributed by atoms with Gasteiger partial charge in [0.25, 0.3) is 0 Å². The second-order valence-corrected chi connectivity index (χ2v) is 8.04. The van der Waals surface area contributed by atoms with Gasteiger partial charge in [0.1, 0.15) is 0 Å².